The van der Waals surface area contributed by atoms with Gasteiger partial charge in [0, 0.05) is 51.0 Å². The Morgan fingerprint density at radius 3 is 2.78 bits per heavy atom. The average Bonchev–Trinajstić information content (AvgIpc) is 2.38. The van der Waals surface area contributed by atoms with Crippen molar-refractivity contribution in [2.45, 2.75) is 13.5 Å². The molecule has 100 valence electrons. The molecule has 18 heavy (non-hydrogen) atoms. The molecule has 0 radical (unpaired) electrons. The summed E-state index contributed by atoms with van der Waals surface area (Å²) in [6, 6.07) is 1.94. The SMILES string of the molecule is COc1nc(C)cc(=O)n1CCN1CCNCC1. The molecule has 0 aliphatic carbocycles. The summed E-state index contributed by atoms with van der Waals surface area (Å²) in [6.45, 7) is 7.34. The van der Waals surface area contributed by atoms with Crippen molar-refractivity contribution in [3.63, 3.8) is 0 Å². The third-order valence-corrected chi connectivity index (χ3v) is 3.13. The maximum atomic E-state index is 11.9. The number of nitrogens with one attached hydrogen (secondary N) is 1. The molecule has 1 aliphatic rings. The van der Waals surface area contributed by atoms with Crippen LogP contribution in [-0.4, -0.2) is 54.3 Å². The van der Waals surface area contributed by atoms with Crippen molar-refractivity contribution >= 4 is 0 Å². The number of rotatable bonds is 4. The molecule has 1 aromatic heterocycles. The zero-order valence-electron chi connectivity index (χ0n) is 11.0. The predicted octanol–water partition coefficient (Wildman–Crippen LogP) is -0.534. The lowest BCUT2D eigenvalue weighted by Gasteiger charge is -2.27. The number of hydrogen-bond acceptors (Lipinski definition) is 5. The molecule has 0 spiro atoms. The van der Waals surface area contributed by atoms with E-state index in [4.69, 9.17) is 4.74 Å². The number of methoxy groups -OCH3 is 1. The summed E-state index contributed by atoms with van der Waals surface area (Å²) in [5.74, 6) is 0. The van der Waals surface area contributed by atoms with Crippen molar-refractivity contribution in [3.05, 3.63) is 22.1 Å². The first-order valence-corrected chi connectivity index (χ1v) is 6.26. The van der Waals surface area contributed by atoms with Gasteiger partial charge >= 0.3 is 0 Å². The number of aromatic nitrogens is 2. The molecule has 0 unspecified atom stereocenters. The number of ether oxygens (including phenoxy) is 1. The molecule has 1 fully saturated rings. The molecule has 0 aromatic carbocycles. The van der Waals surface area contributed by atoms with E-state index in [-0.39, 0.29) is 5.56 Å². The smallest absolute Gasteiger partial charge is 0.299 e. The highest BCUT2D eigenvalue weighted by atomic mass is 16.5. The van der Waals surface area contributed by atoms with E-state index in [1.807, 2.05) is 0 Å². The molecule has 1 aromatic rings. The van der Waals surface area contributed by atoms with Gasteiger partial charge in [-0.1, -0.05) is 0 Å². The maximum Gasteiger partial charge on any atom is 0.299 e. The van der Waals surface area contributed by atoms with Crippen molar-refractivity contribution in [1.82, 2.24) is 19.8 Å². The Labute approximate surface area is 107 Å². The summed E-state index contributed by atoms with van der Waals surface area (Å²) in [7, 11) is 1.54. The summed E-state index contributed by atoms with van der Waals surface area (Å²) in [5, 5.41) is 3.31. The first kappa shape index (κ1) is 13.0. The highest BCUT2D eigenvalue weighted by molar-refractivity contribution is 5.06. The van der Waals surface area contributed by atoms with Crippen LogP contribution in [0.15, 0.2) is 10.9 Å². The minimum atomic E-state index is -0.0468. The third-order valence-electron chi connectivity index (χ3n) is 3.13. The fraction of sp³-hybridized carbons (Fsp3) is 0.667. The summed E-state index contributed by atoms with van der Waals surface area (Å²) >= 11 is 0. The first-order chi connectivity index (χ1) is 8.70. The Kier molecular flexibility index (Phi) is 4.33. The molecule has 0 bridgehead atoms. The van der Waals surface area contributed by atoms with Gasteiger partial charge in [0.05, 0.1) is 7.11 Å². The minimum Gasteiger partial charge on any atom is -0.468 e. The molecule has 0 amide bonds. The van der Waals surface area contributed by atoms with E-state index in [0.717, 1.165) is 32.7 Å². The topological polar surface area (TPSA) is 59.4 Å². The fourth-order valence-electron chi connectivity index (χ4n) is 2.13. The van der Waals surface area contributed by atoms with Gasteiger partial charge in [-0.2, -0.15) is 0 Å². The van der Waals surface area contributed by atoms with Crippen molar-refractivity contribution in [2.24, 2.45) is 0 Å². The van der Waals surface area contributed by atoms with Gasteiger partial charge in [-0.05, 0) is 6.92 Å². The van der Waals surface area contributed by atoms with Gasteiger partial charge in [0.2, 0.25) is 0 Å². The first-order valence-electron chi connectivity index (χ1n) is 6.26. The number of nitrogens with zero attached hydrogens (tertiary/aromatic N) is 3. The Balaban J connectivity index is 2.06. The van der Waals surface area contributed by atoms with E-state index in [9.17, 15) is 4.79 Å². The van der Waals surface area contributed by atoms with Crippen molar-refractivity contribution < 1.29 is 4.74 Å². The van der Waals surface area contributed by atoms with E-state index in [2.05, 4.69) is 15.2 Å². The van der Waals surface area contributed by atoms with E-state index >= 15 is 0 Å². The second kappa shape index (κ2) is 5.97. The van der Waals surface area contributed by atoms with Crippen molar-refractivity contribution in [1.29, 1.82) is 0 Å². The Morgan fingerprint density at radius 1 is 1.39 bits per heavy atom. The van der Waals surface area contributed by atoms with Crippen LogP contribution < -0.4 is 15.6 Å². The summed E-state index contributed by atoms with van der Waals surface area (Å²) in [4.78, 5) is 18.5. The Hall–Kier alpha value is -1.40. The van der Waals surface area contributed by atoms with Gasteiger partial charge in [-0.25, -0.2) is 4.98 Å². The molecule has 2 rings (SSSR count). The number of hydrogen-bond donors (Lipinski definition) is 1. The molecule has 6 nitrogen and oxygen atoms in total. The molecule has 1 aliphatic heterocycles. The van der Waals surface area contributed by atoms with Gasteiger partial charge < -0.3 is 10.1 Å². The van der Waals surface area contributed by atoms with Crippen molar-refractivity contribution in [3.8, 4) is 6.01 Å². The van der Waals surface area contributed by atoms with Crippen LogP contribution in [0.3, 0.4) is 0 Å². The standard InChI is InChI=1S/C12H20N4O2/c1-10-9-11(17)16(12(14-10)18-2)8-7-15-5-3-13-4-6-15/h9,13H,3-8H2,1-2H3. The molecular weight excluding hydrogens is 232 g/mol. The number of aryl methyl sites for hydroxylation is 1. The van der Waals surface area contributed by atoms with Crippen LogP contribution in [0.4, 0.5) is 0 Å². The highest BCUT2D eigenvalue weighted by Crippen LogP contribution is 2.04. The van der Waals surface area contributed by atoms with Crippen molar-refractivity contribution in [2.75, 3.05) is 39.8 Å². The Morgan fingerprint density at radius 2 is 2.11 bits per heavy atom. The quantitative estimate of drug-likeness (QED) is 0.780. The fourth-order valence-corrected chi connectivity index (χ4v) is 2.13. The van der Waals surface area contributed by atoms with Gasteiger partial charge in [0.1, 0.15) is 0 Å². The zero-order valence-corrected chi connectivity index (χ0v) is 11.0. The largest absolute Gasteiger partial charge is 0.468 e. The van der Waals surface area contributed by atoms with E-state index < -0.39 is 0 Å². The van der Waals surface area contributed by atoms with Gasteiger partial charge in [0.25, 0.3) is 11.6 Å². The van der Waals surface area contributed by atoms with Crippen LogP contribution in [0.25, 0.3) is 0 Å². The molecule has 1 saturated heterocycles. The van der Waals surface area contributed by atoms with E-state index in [0.29, 0.717) is 18.2 Å². The normalized spacial score (nSPS) is 16.8. The predicted molar refractivity (Wildman–Crippen MR) is 69.1 cm³/mol. The lowest BCUT2D eigenvalue weighted by atomic mass is 10.3. The molecular formula is C12H20N4O2. The zero-order chi connectivity index (χ0) is 13.0. The second-order valence-electron chi connectivity index (χ2n) is 4.47. The van der Waals surface area contributed by atoms with Crippen LogP contribution >= 0.6 is 0 Å². The average molecular weight is 252 g/mol. The highest BCUT2D eigenvalue weighted by Gasteiger charge is 2.12. The molecule has 0 atom stereocenters. The summed E-state index contributed by atoms with van der Waals surface area (Å²) in [5.41, 5.74) is 0.643. The monoisotopic (exact) mass is 252 g/mol. The van der Waals surface area contributed by atoms with Gasteiger partial charge in [-0.15, -0.1) is 0 Å². The molecule has 6 heteroatoms. The summed E-state index contributed by atoms with van der Waals surface area (Å²) in [6.07, 6.45) is 0. The minimum absolute atomic E-state index is 0.0468. The van der Waals surface area contributed by atoms with Gasteiger partial charge in [-0.3, -0.25) is 14.3 Å². The van der Waals surface area contributed by atoms with Crippen LogP contribution in [0.1, 0.15) is 5.69 Å². The second-order valence-corrected chi connectivity index (χ2v) is 4.47. The van der Waals surface area contributed by atoms with Crippen LogP contribution in [-0.2, 0) is 6.54 Å². The third kappa shape index (κ3) is 3.08. The van der Waals surface area contributed by atoms with Crippen LogP contribution in [0.2, 0.25) is 0 Å². The lowest BCUT2D eigenvalue weighted by Crippen LogP contribution is -2.45. The molecule has 1 N–H and O–H groups in total. The Bertz CT molecular complexity index is 452. The number of piperazine rings is 1. The summed E-state index contributed by atoms with van der Waals surface area (Å²) < 4.78 is 6.76. The molecule has 0 saturated carbocycles. The van der Waals surface area contributed by atoms with Gasteiger partial charge in [0.15, 0.2) is 0 Å². The van der Waals surface area contributed by atoms with Crippen LogP contribution in [0, 0.1) is 6.92 Å². The van der Waals surface area contributed by atoms with E-state index in [1.165, 1.54) is 0 Å². The van der Waals surface area contributed by atoms with Crippen LogP contribution in [0.5, 0.6) is 6.01 Å². The lowest BCUT2D eigenvalue weighted by molar-refractivity contribution is 0.225. The van der Waals surface area contributed by atoms with E-state index in [1.54, 1.807) is 24.7 Å². The maximum absolute atomic E-state index is 11.9. The molecule has 2 heterocycles.